The molecule has 5 N–H and O–H groups in total. The highest BCUT2D eigenvalue weighted by molar-refractivity contribution is 5.74. The van der Waals surface area contributed by atoms with Crippen LogP contribution in [0.5, 0.6) is 0 Å². The Labute approximate surface area is 95.8 Å². The van der Waals surface area contributed by atoms with E-state index in [4.69, 9.17) is 11.5 Å². The van der Waals surface area contributed by atoms with Gasteiger partial charge in [-0.25, -0.2) is 0 Å². The van der Waals surface area contributed by atoms with Crippen LogP contribution in [0.1, 0.15) is 12.0 Å². The molecule has 0 radical (unpaired) electrons. The van der Waals surface area contributed by atoms with Crippen LogP contribution in [0.2, 0.25) is 0 Å². The highest BCUT2D eigenvalue weighted by Crippen LogP contribution is 2.35. The zero-order valence-electron chi connectivity index (χ0n) is 8.84. The maximum atomic E-state index is 12.6. The van der Waals surface area contributed by atoms with Crippen LogP contribution >= 0.6 is 0 Å². The number of hydrogen-bond donors (Lipinski definition) is 3. The van der Waals surface area contributed by atoms with Gasteiger partial charge in [0.1, 0.15) is 0 Å². The largest absolute Gasteiger partial charge is 0.418 e. The lowest BCUT2D eigenvalue weighted by Gasteiger charge is -2.14. The summed E-state index contributed by atoms with van der Waals surface area (Å²) in [6, 6.07) is 3.41. The molecule has 4 nitrogen and oxygen atoms in total. The number of primary amides is 1. The molecule has 7 heteroatoms. The molecule has 94 valence electrons. The Hall–Kier alpha value is -1.92. The number of nitrogens with two attached hydrogens (primary N) is 2. The second-order valence-electron chi connectivity index (χ2n) is 3.45. The lowest BCUT2D eigenvalue weighted by molar-refractivity contribution is -0.136. The summed E-state index contributed by atoms with van der Waals surface area (Å²) in [7, 11) is 0. The van der Waals surface area contributed by atoms with Gasteiger partial charge in [-0.2, -0.15) is 13.2 Å². The Morgan fingerprint density at radius 1 is 1.35 bits per heavy atom. The van der Waals surface area contributed by atoms with Gasteiger partial charge < -0.3 is 16.8 Å². The van der Waals surface area contributed by atoms with Crippen LogP contribution in [0.15, 0.2) is 18.2 Å². The average molecular weight is 247 g/mol. The molecular formula is C10H12F3N3O. The van der Waals surface area contributed by atoms with Gasteiger partial charge in [0.15, 0.2) is 0 Å². The third kappa shape index (κ3) is 3.86. The summed E-state index contributed by atoms with van der Waals surface area (Å²) in [5.74, 6) is -0.582. The molecule has 0 aromatic heterocycles. The van der Waals surface area contributed by atoms with E-state index in [1.54, 1.807) is 0 Å². The fraction of sp³-hybridized carbons (Fsp3) is 0.300. The highest BCUT2D eigenvalue weighted by Gasteiger charge is 2.33. The number of nitrogens with one attached hydrogen (secondary N) is 1. The third-order valence-electron chi connectivity index (χ3n) is 2.04. The number of nitrogen functional groups attached to an aromatic ring is 1. The van der Waals surface area contributed by atoms with Crippen LogP contribution in [0.25, 0.3) is 0 Å². The van der Waals surface area contributed by atoms with Crippen molar-refractivity contribution in [1.29, 1.82) is 0 Å². The van der Waals surface area contributed by atoms with Crippen molar-refractivity contribution in [3.05, 3.63) is 23.8 Å². The van der Waals surface area contributed by atoms with E-state index in [9.17, 15) is 18.0 Å². The predicted octanol–water partition coefficient (Wildman–Crippen LogP) is 1.57. The molecule has 0 fully saturated rings. The predicted molar refractivity (Wildman–Crippen MR) is 58.2 cm³/mol. The molecule has 0 atom stereocenters. The number of carbonyl (C=O) groups is 1. The summed E-state index contributed by atoms with van der Waals surface area (Å²) in [6.45, 7) is 0.0440. The van der Waals surface area contributed by atoms with Crippen molar-refractivity contribution in [2.24, 2.45) is 5.73 Å². The minimum atomic E-state index is -4.50. The smallest absolute Gasteiger partial charge is 0.399 e. The molecule has 0 saturated heterocycles. The maximum Gasteiger partial charge on any atom is 0.418 e. The van der Waals surface area contributed by atoms with Gasteiger partial charge in [0.25, 0.3) is 0 Å². The number of amides is 1. The van der Waals surface area contributed by atoms with Gasteiger partial charge in [-0.3, -0.25) is 4.79 Å². The molecule has 0 aliphatic carbocycles. The third-order valence-corrected chi connectivity index (χ3v) is 2.04. The van der Waals surface area contributed by atoms with Gasteiger partial charge in [0.2, 0.25) is 5.91 Å². The summed E-state index contributed by atoms with van der Waals surface area (Å²) in [5.41, 5.74) is 9.23. The SMILES string of the molecule is NC(=O)CCNc1ccc(N)cc1C(F)(F)F. The Balaban J connectivity index is 2.87. The van der Waals surface area contributed by atoms with E-state index < -0.39 is 17.6 Å². The van der Waals surface area contributed by atoms with Crippen molar-refractivity contribution in [1.82, 2.24) is 0 Å². The highest BCUT2D eigenvalue weighted by atomic mass is 19.4. The van der Waals surface area contributed by atoms with Crippen LogP contribution < -0.4 is 16.8 Å². The minimum absolute atomic E-state index is 0.0257. The topological polar surface area (TPSA) is 81.1 Å². The van der Waals surface area contributed by atoms with E-state index in [2.05, 4.69) is 5.32 Å². The second kappa shape index (κ2) is 4.94. The number of anilines is 2. The van der Waals surface area contributed by atoms with Crippen LogP contribution in [0.3, 0.4) is 0 Å². The molecule has 0 unspecified atom stereocenters. The Morgan fingerprint density at radius 2 is 2.00 bits per heavy atom. The van der Waals surface area contributed by atoms with E-state index in [0.717, 1.165) is 6.07 Å². The van der Waals surface area contributed by atoms with Crippen molar-refractivity contribution in [2.45, 2.75) is 12.6 Å². The zero-order chi connectivity index (χ0) is 13.1. The first-order chi connectivity index (χ1) is 7.80. The maximum absolute atomic E-state index is 12.6. The Kier molecular flexibility index (Phi) is 3.82. The molecule has 0 aliphatic heterocycles. The normalized spacial score (nSPS) is 11.2. The van der Waals surface area contributed by atoms with Crippen LogP contribution in [-0.4, -0.2) is 12.5 Å². The van der Waals surface area contributed by atoms with Gasteiger partial charge in [-0.05, 0) is 18.2 Å². The van der Waals surface area contributed by atoms with Gasteiger partial charge in [0.05, 0.1) is 5.56 Å². The monoisotopic (exact) mass is 247 g/mol. The molecule has 0 aliphatic rings. The summed E-state index contributed by atoms with van der Waals surface area (Å²) < 4.78 is 37.9. The van der Waals surface area contributed by atoms with E-state index in [1.807, 2.05) is 0 Å². The number of carbonyl (C=O) groups excluding carboxylic acids is 1. The zero-order valence-corrected chi connectivity index (χ0v) is 8.84. The molecule has 0 bridgehead atoms. The quantitative estimate of drug-likeness (QED) is 0.706. The first-order valence-corrected chi connectivity index (χ1v) is 4.79. The second-order valence-corrected chi connectivity index (χ2v) is 3.45. The van der Waals surface area contributed by atoms with Gasteiger partial charge in [-0.15, -0.1) is 0 Å². The fourth-order valence-corrected chi connectivity index (χ4v) is 1.27. The van der Waals surface area contributed by atoms with Crippen molar-refractivity contribution in [3.8, 4) is 0 Å². The van der Waals surface area contributed by atoms with Crippen molar-refractivity contribution >= 4 is 17.3 Å². The first-order valence-electron chi connectivity index (χ1n) is 4.79. The minimum Gasteiger partial charge on any atom is -0.399 e. The molecular weight excluding hydrogens is 235 g/mol. The number of rotatable bonds is 4. The number of benzene rings is 1. The first kappa shape index (κ1) is 13.1. The van der Waals surface area contributed by atoms with Crippen molar-refractivity contribution < 1.29 is 18.0 Å². The van der Waals surface area contributed by atoms with Crippen molar-refractivity contribution in [2.75, 3.05) is 17.6 Å². The Bertz CT molecular complexity index is 418. The number of hydrogen-bond acceptors (Lipinski definition) is 3. The summed E-state index contributed by atoms with van der Waals surface area (Å²) >= 11 is 0. The molecule has 0 heterocycles. The van der Waals surface area contributed by atoms with E-state index in [1.165, 1.54) is 12.1 Å². The summed E-state index contributed by atoms with van der Waals surface area (Å²) in [4.78, 5) is 10.5. The molecule has 1 rings (SSSR count). The molecule has 1 aromatic carbocycles. The lowest BCUT2D eigenvalue weighted by Crippen LogP contribution is -2.17. The van der Waals surface area contributed by atoms with E-state index in [0.29, 0.717) is 0 Å². The number of halogens is 3. The molecule has 0 spiro atoms. The molecule has 0 saturated carbocycles. The molecule has 1 amide bonds. The standard InChI is InChI=1S/C10H12F3N3O/c11-10(12,13)7-5-6(14)1-2-8(7)16-4-3-9(15)17/h1-2,5,16H,3-4,14H2,(H2,15,17). The summed E-state index contributed by atoms with van der Waals surface area (Å²) in [5, 5.41) is 2.50. The van der Waals surface area contributed by atoms with Gasteiger partial charge >= 0.3 is 6.18 Å². The molecule has 1 aromatic rings. The summed E-state index contributed by atoms with van der Waals surface area (Å²) in [6.07, 6.45) is -4.54. The van der Waals surface area contributed by atoms with Crippen LogP contribution in [0.4, 0.5) is 24.5 Å². The van der Waals surface area contributed by atoms with Crippen LogP contribution in [0, 0.1) is 0 Å². The number of alkyl halides is 3. The van der Waals surface area contributed by atoms with Crippen molar-refractivity contribution in [3.63, 3.8) is 0 Å². The van der Waals surface area contributed by atoms with Crippen LogP contribution in [-0.2, 0) is 11.0 Å². The fourth-order valence-electron chi connectivity index (χ4n) is 1.27. The van der Waals surface area contributed by atoms with E-state index >= 15 is 0 Å². The molecule has 17 heavy (non-hydrogen) atoms. The van der Waals surface area contributed by atoms with E-state index in [-0.39, 0.29) is 24.3 Å². The lowest BCUT2D eigenvalue weighted by atomic mass is 10.1. The Morgan fingerprint density at radius 3 is 2.53 bits per heavy atom. The average Bonchev–Trinajstić information content (AvgIpc) is 2.18. The van der Waals surface area contributed by atoms with Gasteiger partial charge in [0, 0.05) is 24.3 Å². The van der Waals surface area contributed by atoms with Gasteiger partial charge in [-0.1, -0.05) is 0 Å².